The summed E-state index contributed by atoms with van der Waals surface area (Å²) < 4.78 is 0. The Morgan fingerprint density at radius 3 is 2.20 bits per heavy atom. The van der Waals surface area contributed by atoms with Crippen molar-refractivity contribution in [1.29, 1.82) is 0 Å². The van der Waals surface area contributed by atoms with E-state index < -0.39 is 5.60 Å². The highest BCUT2D eigenvalue weighted by atomic mass is 16.3. The number of amides is 1. The molecule has 0 aromatic carbocycles. The van der Waals surface area contributed by atoms with Crippen LogP contribution in [-0.4, -0.2) is 35.7 Å². The van der Waals surface area contributed by atoms with Crippen molar-refractivity contribution in [3.05, 3.63) is 0 Å². The van der Waals surface area contributed by atoms with Gasteiger partial charge in [-0.05, 0) is 43.9 Å². The monoisotopic (exact) mass is 284 g/mol. The van der Waals surface area contributed by atoms with Crippen molar-refractivity contribution in [3.8, 4) is 0 Å². The number of carbonyl (C=O) groups excluding carboxylic acids is 1. The Balaban J connectivity index is 2.25. The molecule has 20 heavy (non-hydrogen) atoms. The summed E-state index contributed by atoms with van der Waals surface area (Å²) >= 11 is 0. The van der Waals surface area contributed by atoms with Crippen molar-refractivity contribution < 1.29 is 9.90 Å². The van der Waals surface area contributed by atoms with Crippen LogP contribution in [0.1, 0.15) is 66.2 Å². The molecule has 0 saturated heterocycles. The zero-order valence-electron chi connectivity index (χ0n) is 13.6. The van der Waals surface area contributed by atoms with E-state index in [1.54, 1.807) is 0 Å². The summed E-state index contributed by atoms with van der Waals surface area (Å²) in [5, 5.41) is 16.6. The van der Waals surface area contributed by atoms with E-state index in [1.807, 2.05) is 0 Å². The number of nitrogens with one attached hydrogen (secondary N) is 2. The van der Waals surface area contributed by atoms with Crippen LogP contribution in [0.5, 0.6) is 0 Å². The van der Waals surface area contributed by atoms with E-state index in [0.29, 0.717) is 18.5 Å². The van der Waals surface area contributed by atoms with Gasteiger partial charge in [0.05, 0.1) is 12.1 Å². The summed E-state index contributed by atoms with van der Waals surface area (Å²) in [6, 6.07) is 0.267. The first-order valence-corrected chi connectivity index (χ1v) is 8.03. The van der Waals surface area contributed by atoms with E-state index >= 15 is 0 Å². The molecule has 0 aliphatic heterocycles. The van der Waals surface area contributed by atoms with Crippen molar-refractivity contribution in [2.24, 2.45) is 5.41 Å². The molecule has 1 rings (SSSR count). The van der Waals surface area contributed by atoms with Gasteiger partial charge in [-0.25, -0.2) is 0 Å². The molecule has 0 aromatic heterocycles. The maximum atomic E-state index is 11.8. The third-order valence-corrected chi connectivity index (χ3v) is 4.62. The van der Waals surface area contributed by atoms with Gasteiger partial charge in [-0.2, -0.15) is 0 Å². The van der Waals surface area contributed by atoms with Crippen LogP contribution in [0.2, 0.25) is 0 Å². The Morgan fingerprint density at radius 1 is 1.15 bits per heavy atom. The Morgan fingerprint density at radius 2 is 1.70 bits per heavy atom. The zero-order chi connectivity index (χ0) is 15.2. The average molecular weight is 284 g/mol. The Labute approximate surface area is 123 Å². The fourth-order valence-electron chi connectivity index (χ4n) is 2.75. The smallest absolute Gasteiger partial charge is 0.234 e. The quantitative estimate of drug-likeness (QED) is 0.672. The second-order valence-electron chi connectivity index (χ2n) is 7.07. The van der Waals surface area contributed by atoms with Gasteiger partial charge >= 0.3 is 0 Å². The van der Waals surface area contributed by atoms with Gasteiger partial charge in [0, 0.05) is 12.6 Å². The summed E-state index contributed by atoms with van der Waals surface area (Å²) in [6.07, 6.45) is 5.65. The molecule has 1 saturated carbocycles. The van der Waals surface area contributed by atoms with Gasteiger partial charge in [0.2, 0.25) is 5.91 Å². The zero-order valence-corrected chi connectivity index (χ0v) is 13.6. The number of hydrogen-bond donors (Lipinski definition) is 3. The lowest BCUT2D eigenvalue weighted by molar-refractivity contribution is -0.121. The van der Waals surface area contributed by atoms with Crippen LogP contribution in [0.4, 0.5) is 0 Å². The second kappa shape index (κ2) is 7.41. The third-order valence-electron chi connectivity index (χ3n) is 4.62. The fraction of sp³-hybridized carbons (Fsp3) is 0.938. The number of rotatable bonds is 7. The number of aliphatic hydroxyl groups is 1. The fourth-order valence-corrected chi connectivity index (χ4v) is 2.75. The largest absolute Gasteiger partial charge is 0.389 e. The minimum Gasteiger partial charge on any atom is -0.389 e. The van der Waals surface area contributed by atoms with Crippen molar-refractivity contribution in [2.45, 2.75) is 77.9 Å². The van der Waals surface area contributed by atoms with E-state index in [2.05, 4.69) is 38.3 Å². The highest BCUT2D eigenvalue weighted by molar-refractivity contribution is 5.78. The predicted molar refractivity (Wildman–Crippen MR) is 82.6 cm³/mol. The number of hydrogen-bond acceptors (Lipinski definition) is 3. The lowest BCUT2D eigenvalue weighted by Gasteiger charge is -2.40. The highest BCUT2D eigenvalue weighted by Crippen LogP contribution is 2.39. The summed E-state index contributed by atoms with van der Waals surface area (Å²) in [5.74, 6) is 0.0263. The van der Waals surface area contributed by atoms with Gasteiger partial charge in [-0.1, -0.05) is 27.7 Å². The lowest BCUT2D eigenvalue weighted by Crippen LogP contribution is -2.48. The molecule has 1 amide bonds. The Bertz CT molecular complexity index is 302. The van der Waals surface area contributed by atoms with E-state index in [-0.39, 0.29) is 11.9 Å². The third kappa shape index (κ3) is 5.80. The Kier molecular flexibility index (Phi) is 6.46. The van der Waals surface area contributed by atoms with E-state index in [1.165, 1.54) is 0 Å². The van der Waals surface area contributed by atoms with E-state index in [9.17, 15) is 9.90 Å². The van der Waals surface area contributed by atoms with Gasteiger partial charge < -0.3 is 15.7 Å². The molecule has 0 radical (unpaired) electrons. The molecule has 1 aliphatic carbocycles. The Hall–Kier alpha value is -0.610. The normalized spacial score (nSPS) is 20.9. The first kappa shape index (κ1) is 17.4. The maximum Gasteiger partial charge on any atom is 0.234 e. The molecule has 0 atom stereocenters. The topological polar surface area (TPSA) is 61.4 Å². The standard InChI is InChI=1S/C16H32N2O2/c1-5-13(6-2)18-14(19)11-17-12-16(20)9-7-15(3,4)8-10-16/h13,17,20H,5-12H2,1-4H3,(H,18,19). The molecule has 0 heterocycles. The van der Waals surface area contributed by atoms with Crippen LogP contribution in [0.15, 0.2) is 0 Å². The molecule has 0 bridgehead atoms. The van der Waals surface area contributed by atoms with Crippen LogP contribution in [0.25, 0.3) is 0 Å². The summed E-state index contributed by atoms with van der Waals surface area (Å²) in [7, 11) is 0. The van der Waals surface area contributed by atoms with E-state index in [0.717, 1.165) is 38.5 Å². The van der Waals surface area contributed by atoms with Crippen molar-refractivity contribution >= 4 is 5.91 Å². The highest BCUT2D eigenvalue weighted by Gasteiger charge is 2.36. The summed E-state index contributed by atoms with van der Waals surface area (Å²) in [5.41, 5.74) is -0.288. The molecule has 1 fully saturated rings. The molecular formula is C16H32N2O2. The van der Waals surface area contributed by atoms with Crippen LogP contribution in [0.3, 0.4) is 0 Å². The molecular weight excluding hydrogens is 252 g/mol. The second-order valence-corrected chi connectivity index (χ2v) is 7.07. The minimum atomic E-state index is -0.634. The minimum absolute atomic E-state index is 0.0263. The number of carbonyl (C=O) groups is 1. The summed E-state index contributed by atoms with van der Waals surface area (Å²) in [6.45, 7) is 9.47. The summed E-state index contributed by atoms with van der Waals surface area (Å²) in [4.78, 5) is 11.8. The first-order chi connectivity index (χ1) is 9.30. The average Bonchev–Trinajstić information content (AvgIpc) is 2.40. The maximum absolute atomic E-state index is 11.8. The molecule has 4 nitrogen and oxygen atoms in total. The van der Waals surface area contributed by atoms with E-state index in [4.69, 9.17) is 0 Å². The molecule has 0 spiro atoms. The SMILES string of the molecule is CCC(CC)NC(=O)CNCC1(O)CCC(C)(C)CC1. The van der Waals surface area contributed by atoms with Crippen LogP contribution >= 0.6 is 0 Å². The molecule has 0 aromatic rings. The van der Waals surface area contributed by atoms with Gasteiger partial charge in [-0.15, -0.1) is 0 Å². The van der Waals surface area contributed by atoms with Crippen molar-refractivity contribution in [3.63, 3.8) is 0 Å². The van der Waals surface area contributed by atoms with Crippen LogP contribution in [-0.2, 0) is 4.79 Å². The predicted octanol–water partition coefficient (Wildman–Crippen LogP) is 2.21. The molecule has 1 aliphatic rings. The molecule has 3 N–H and O–H groups in total. The van der Waals surface area contributed by atoms with Gasteiger partial charge in [0.1, 0.15) is 0 Å². The van der Waals surface area contributed by atoms with Crippen molar-refractivity contribution in [1.82, 2.24) is 10.6 Å². The van der Waals surface area contributed by atoms with Crippen LogP contribution in [0, 0.1) is 5.41 Å². The molecule has 4 heteroatoms. The molecule has 118 valence electrons. The van der Waals surface area contributed by atoms with Gasteiger partial charge in [-0.3, -0.25) is 4.79 Å². The lowest BCUT2D eigenvalue weighted by atomic mass is 9.71. The van der Waals surface area contributed by atoms with Crippen LogP contribution < -0.4 is 10.6 Å². The van der Waals surface area contributed by atoms with Gasteiger partial charge in [0.15, 0.2) is 0 Å². The first-order valence-electron chi connectivity index (χ1n) is 8.03. The van der Waals surface area contributed by atoms with Crippen molar-refractivity contribution in [2.75, 3.05) is 13.1 Å². The molecule has 0 unspecified atom stereocenters. The van der Waals surface area contributed by atoms with Gasteiger partial charge in [0.25, 0.3) is 0 Å².